The van der Waals surface area contributed by atoms with Crippen molar-refractivity contribution in [1.29, 1.82) is 0 Å². The normalized spacial score (nSPS) is 11.6. The van der Waals surface area contributed by atoms with Crippen LogP contribution < -0.4 is 4.90 Å². The predicted octanol–water partition coefficient (Wildman–Crippen LogP) is 14.3. The van der Waals surface area contributed by atoms with Crippen LogP contribution in [0.25, 0.3) is 74.7 Å². The molecule has 10 rings (SSSR count). The van der Waals surface area contributed by atoms with E-state index in [1.165, 1.54) is 86.1 Å². The summed E-state index contributed by atoms with van der Waals surface area (Å²) in [7, 11) is 0. The summed E-state index contributed by atoms with van der Waals surface area (Å²) in [6.45, 7) is 0. The van der Waals surface area contributed by atoms with E-state index in [4.69, 9.17) is 0 Å². The van der Waals surface area contributed by atoms with E-state index in [1.807, 2.05) is 11.3 Å². The highest BCUT2D eigenvalue weighted by atomic mass is 32.1. The monoisotopic (exact) mass is 653 g/mol. The number of thiophene rings is 1. The minimum Gasteiger partial charge on any atom is -0.309 e. The first-order valence-electron chi connectivity index (χ1n) is 17.1. The molecule has 2 heteroatoms. The molecule has 0 aliphatic heterocycles. The molecule has 0 aliphatic carbocycles. The third-order valence-electron chi connectivity index (χ3n) is 10.0. The van der Waals surface area contributed by atoms with Crippen LogP contribution in [0.2, 0.25) is 0 Å². The molecule has 1 nitrogen and oxygen atoms in total. The molecule has 0 fully saturated rings. The van der Waals surface area contributed by atoms with Crippen molar-refractivity contribution >= 4 is 80.9 Å². The Balaban J connectivity index is 1.29. The van der Waals surface area contributed by atoms with Gasteiger partial charge in [0.25, 0.3) is 0 Å². The number of nitrogens with zero attached hydrogens (tertiary/aromatic N) is 1. The minimum atomic E-state index is 1.13. The molecule has 0 unspecified atom stereocenters. The van der Waals surface area contributed by atoms with Crippen molar-refractivity contribution in [1.82, 2.24) is 0 Å². The fraction of sp³-hybridized carbons (Fsp3) is 0. The summed E-state index contributed by atoms with van der Waals surface area (Å²) in [4.78, 5) is 2.51. The Hall–Kier alpha value is -6.22. The molecule has 10 aromatic rings. The Morgan fingerprint density at radius 3 is 1.86 bits per heavy atom. The Kier molecular flexibility index (Phi) is 6.75. The predicted molar refractivity (Wildman–Crippen MR) is 217 cm³/mol. The maximum absolute atomic E-state index is 2.51. The molecule has 0 bridgehead atoms. The molecule has 1 aromatic heterocycles. The number of hydrogen-bond acceptors (Lipinski definition) is 2. The molecule has 9 aromatic carbocycles. The third-order valence-corrected chi connectivity index (χ3v) is 11.2. The summed E-state index contributed by atoms with van der Waals surface area (Å²) in [5, 5.41) is 10.0. The van der Waals surface area contributed by atoms with Crippen molar-refractivity contribution in [3.63, 3.8) is 0 Å². The van der Waals surface area contributed by atoms with Crippen LogP contribution in [-0.2, 0) is 0 Å². The number of rotatable bonds is 5. The van der Waals surface area contributed by atoms with Crippen molar-refractivity contribution in [2.75, 3.05) is 4.90 Å². The minimum absolute atomic E-state index is 1.13. The molecule has 0 saturated heterocycles. The van der Waals surface area contributed by atoms with Crippen molar-refractivity contribution in [3.05, 3.63) is 188 Å². The molecular weight excluding hydrogens is 623 g/mol. The number of benzene rings is 9. The van der Waals surface area contributed by atoms with E-state index >= 15 is 0 Å². The smallest absolute Gasteiger partial charge is 0.0555 e. The van der Waals surface area contributed by atoms with Gasteiger partial charge in [-0.15, -0.1) is 11.3 Å². The standard InChI is InChI=1S/C48H31NS/c1-2-14-33(15-3-1)40-26-12-27-43-47-44(28-13-29-46(47)50-48(40)43)49(45-31-35-17-5-7-22-39(35)41-23-8-9-24-42(41)45)36-20-10-19-34(30-36)38-25-11-18-32-16-4-6-21-37(32)38/h1-31H. The van der Waals surface area contributed by atoms with Crippen LogP contribution in [0.4, 0.5) is 17.1 Å². The van der Waals surface area contributed by atoms with Crippen LogP contribution in [0.1, 0.15) is 0 Å². The summed E-state index contributed by atoms with van der Waals surface area (Å²) in [5.41, 5.74) is 8.42. The number of anilines is 3. The van der Waals surface area contributed by atoms with Crippen LogP contribution in [0.5, 0.6) is 0 Å². The largest absolute Gasteiger partial charge is 0.309 e. The topological polar surface area (TPSA) is 3.24 Å². The first-order valence-corrected chi connectivity index (χ1v) is 17.9. The molecule has 0 aliphatic rings. The van der Waals surface area contributed by atoms with E-state index in [0.29, 0.717) is 0 Å². The molecule has 1 heterocycles. The summed E-state index contributed by atoms with van der Waals surface area (Å²) >= 11 is 1.89. The van der Waals surface area contributed by atoms with Gasteiger partial charge in [-0.05, 0) is 79.5 Å². The molecule has 0 saturated carbocycles. The summed E-state index contributed by atoms with van der Waals surface area (Å²) in [6.07, 6.45) is 0. The van der Waals surface area contributed by atoms with Gasteiger partial charge in [-0.1, -0.05) is 158 Å². The van der Waals surface area contributed by atoms with E-state index in [0.717, 1.165) is 5.69 Å². The Morgan fingerprint density at radius 1 is 0.360 bits per heavy atom. The van der Waals surface area contributed by atoms with Crippen molar-refractivity contribution in [2.24, 2.45) is 0 Å². The zero-order chi connectivity index (χ0) is 33.0. The quantitative estimate of drug-likeness (QED) is 0.167. The lowest BCUT2D eigenvalue weighted by molar-refractivity contribution is 1.32. The van der Waals surface area contributed by atoms with Crippen LogP contribution in [0.3, 0.4) is 0 Å². The second-order valence-electron chi connectivity index (χ2n) is 12.9. The van der Waals surface area contributed by atoms with Gasteiger partial charge in [-0.2, -0.15) is 0 Å². The van der Waals surface area contributed by atoms with Crippen LogP contribution >= 0.6 is 11.3 Å². The van der Waals surface area contributed by atoms with Crippen LogP contribution in [-0.4, -0.2) is 0 Å². The lowest BCUT2D eigenvalue weighted by Crippen LogP contribution is -2.11. The first kappa shape index (κ1) is 28.8. The Labute approximate surface area is 294 Å². The van der Waals surface area contributed by atoms with E-state index in [2.05, 4.69) is 193 Å². The van der Waals surface area contributed by atoms with Gasteiger partial charge in [-0.25, -0.2) is 0 Å². The molecule has 0 amide bonds. The van der Waals surface area contributed by atoms with Gasteiger partial charge in [0.1, 0.15) is 0 Å². The van der Waals surface area contributed by atoms with Crippen molar-refractivity contribution < 1.29 is 0 Å². The molecule has 0 N–H and O–H groups in total. The highest BCUT2D eigenvalue weighted by Crippen LogP contribution is 2.49. The lowest BCUT2D eigenvalue weighted by atomic mass is 9.96. The van der Waals surface area contributed by atoms with Crippen molar-refractivity contribution in [3.8, 4) is 22.3 Å². The average Bonchev–Trinajstić information content (AvgIpc) is 3.58. The molecule has 50 heavy (non-hydrogen) atoms. The van der Waals surface area contributed by atoms with E-state index in [-0.39, 0.29) is 0 Å². The molecule has 0 atom stereocenters. The van der Waals surface area contributed by atoms with Crippen LogP contribution in [0.15, 0.2) is 188 Å². The van der Waals surface area contributed by atoms with Gasteiger partial charge in [0.15, 0.2) is 0 Å². The van der Waals surface area contributed by atoms with Gasteiger partial charge in [0.05, 0.1) is 11.4 Å². The maximum atomic E-state index is 2.51. The fourth-order valence-corrected chi connectivity index (χ4v) is 9.04. The zero-order valence-electron chi connectivity index (χ0n) is 27.3. The number of fused-ring (bicyclic) bond motifs is 7. The molecule has 0 radical (unpaired) electrons. The van der Waals surface area contributed by atoms with Gasteiger partial charge < -0.3 is 4.90 Å². The molecular formula is C48H31NS. The highest BCUT2D eigenvalue weighted by molar-refractivity contribution is 7.26. The highest BCUT2D eigenvalue weighted by Gasteiger charge is 2.22. The summed E-state index contributed by atoms with van der Waals surface area (Å²) < 4.78 is 2.59. The molecule has 0 spiro atoms. The maximum Gasteiger partial charge on any atom is 0.0555 e. The lowest BCUT2D eigenvalue weighted by Gasteiger charge is -2.29. The summed E-state index contributed by atoms with van der Waals surface area (Å²) in [6, 6.07) is 68.7. The Bertz CT molecular complexity index is 2880. The van der Waals surface area contributed by atoms with Crippen LogP contribution in [0, 0.1) is 0 Å². The van der Waals surface area contributed by atoms with E-state index < -0.39 is 0 Å². The zero-order valence-corrected chi connectivity index (χ0v) is 28.1. The number of hydrogen-bond donors (Lipinski definition) is 0. The Morgan fingerprint density at radius 2 is 0.980 bits per heavy atom. The SMILES string of the molecule is c1ccc(-c2cccc3c2sc2cccc(N(c4cccc(-c5cccc6ccccc56)c4)c4cc5ccccc5c5ccccc45)c23)cc1. The van der Waals surface area contributed by atoms with Gasteiger partial charge in [0, 0.05) is 31.2 Å². The van der Waals surface area contributed by atoms with Crippen molar-refractivity contribution in [2.45, 2.75) is 0 Å². The average molecular weight is 654 g/mol. The second-order valence-corrected chi connectivity index (χ2v) is 13.9. The van der Waals surface area contributed by atoms with Gasteiger partial charge in [0.2, 0.25) is 0 Å². The second kappa shape index (κ2) is 11.7. The van der Waals surface area contributed by atoms with Gasteiger partial charge in [-0.3, -0.25) is 0 Å². The van der Waals surface area contributed by atoms with E-state index in [1.54, 1.807) is 0 Å². The third kappa shape index (κ3) is 4.61. The first-order chi connectivity index (χ1) is 24.8. The molecule has 234 valence electrons. The van der Waals surface area contributed by atoms with Gasteiger partial charge >= 0.3 is 0 Å². The fourth-order valence-electron chi connectivity index (χ4n) is 7.78. The summed E-state index contributed by atoms with van der Waals surface area (Å²) in [5.74, 6) is 0. The van der Waals surface area contributed by atoms with E-state index in [9.17, 15) is 0 Å².